The van der Waals surface area contributed by atoms with Gasteiger partial charge < -0.3 is 25.4 Å². The maximum absolute atomic E-state index is 13.8. The van der Waals surface area contributed by atoms with Crippen molar-refractivity contribution in [3.05, 3.63) is 27.4 Å². The van der Waals surface area contributed by atoms with Crippen molar-refractivity contribution in [1.82, 2.24) is 25.1 Å². The van der Waals surface area contributed by atoms with E-state index in [0.29, 0.717) is 36.8 Å². The van der Waals surface area contributed by atoms with Gasteiger partial charge in [0.15, 0.2) is 0 Å². The molecule has 0 aromatic carbocycles. The number of nitrogens with zero attached hydrogens (tertiary/aromatic N) is 3. The lowest BCUT2D eigenvalue weighted by atomic mass is 9.70. The number of aryl methyl sites for hydroxylation is 2. The number of hydrogen-bond acceptors (Lipinski definition) is 8. The van der Waals surface area contributed by atoms with Gasteiger partial charge in [-0.05, 0) is 110 Å². The highest BCUT2D eigenvalue weighted by Gasteiger charge is 2.51. The summed E-state index contributed by atoms with van der Waals surface area (Å²) in [5, 5.41) is 17.3. The third-order valence-electron chi connectivity index (χ3n) is 11.4. The van der Waals surface area contributed by atoms with E-state index in [2.05, 4.69) is 29.5 Å². The van der Waals surface area contributed by atoms with E-state index >= 15 is 0 Å². The fraction of sp³-hybridized carbons (Fsp3) is 0.848. The van der Waals surface area contributed by atoms with Crippen LogP contribution in [0, 0.1) is 30.6 Å². The maximum atomic E-state index is 13.8. The molecule has 3 aliphatic heterocycles. The van der Waals surface area contributed by atoms with E-state index in [4.69, 9.17) is 21.3 Å². The molecule has 246 valence electrons. The number of thioether (sulfide) groups is 1. The quantitative estimate of drug-likeness (QED) is 0.347. The first kappa shape index (κ1) is 32.8. The van der Waals surface area contributed by atoms with Crippen molar-refractivity contribution in [2.24, 2.45) is 23.7 Å². The summed E-state index contributed by atoms with van der Waals surface area (Å²) in [6, 6.07) is 0.646. The zero-order chi connectivity index (χ0) is 31.0. The van der Waals surface area contributed by atoms with Gasteiger partial charge >= 0.3 is 5.97 Å². The van der Waals surface area contributed by atoms with Crippen molar-refractivity contribution in [2.75, 3.05) is 39.0 Å². The van der Waals surface area contributed by atoms with Crippen LogP contribution >= 0.6 is 23.4 Å². The molecule has 6 rings (SSSR count). The van der Waals surface area contributed by atoms with Gasteiger partial charge in [-0.25, -0.2) is 4.98 Å². The Morgan fingerprint density at radius 1 is 1.18 bits per heavy atom. The number of aromatic nitrogens is 2. The van der Waals surface area contributed by atoms with E-state index < -0.39 is 5.97 Å². The number of carbonyl (C=O) groups is 1. The number of carboxylic acids is 1. The summed E-state index contributed by atoms with van der Waals surface area (Å²) in [6.07, 6.45) is 8.97. The zero-order valence-corrected chi connectivity index (χ0v) is 28.3. The lowest BCUT2D eigenvalue weighted by Gasteiger charge is -2.47. The molecule has 1 saturated carbocycles. The van der Waals surface area contributed by atoms with E-state index in [1.54, 1.807) is 0 Å². The second-order valence-electron chi connectivity index (χ2n) is 14.3. The Bertz CT molecular complexity index is 1230. The monoisotopic (exact) mass is 649 g/mol. The Kier molecular flexibility index (Phi) is 10.6. The van der Waals surface area contributed by atoms with E-state index in [1.165, 1.54) is 12.8 Å². The number of rotatable bonds is 9. The standard InChI is InChI=1S/C33H52ClN5O4S/c1-19-14-25(31-30(36-19)27(18-44-31)33(41)42)24-15-22(34)4-7-29(24)43-13-12-39-20(2)37-28-6-5-23(16-26(28)32(39)40)38(3)17-21-8-10-35-11-9-21/h19,21-25,27,29-31,35-36H,4-18H2,1-3H3,(H,41,42). The van der Waals surface area contributed by atoms with Crippen LogP contribution in [0.4, 0.5) is 0 Å². The predicted octanol–water partition coefficient (Wildman–Crippen LogP) is 3.32. The molecule has 4 heterocycles. The summed E-state index contributed by atoms with van der Waals surface area (Å²) in [6.45, 7) is 8.41. The number of nitrogens with one attached hydrogen (secondary N) is 2. The van der Waals surface area contributed by atoms with Crippen molar-refractivity contribution in [2.45, 2.75) is 113 Å². The zero-order valence-electron chi connectivity index (χ0n) is 26.7. The summed E-state index contributed by atoms with van der Waals surface area (Å²) in [5.74, 6) is 1.78. The summed E-state index contributed by atoms with van der Waals surface area (Å²) in [5.41, 5.74) is 1.99. The van der Waals surface area contributed by atoms with Crippen LogP contribution in [-0.4, -0.2) is 99.4 Å². The highest BCUT2D eigenvalue weighted by Crippen LogP contribution is 2.48. The highest BCUT2D eigenvalue weighted by molar-refractivity contribution is 8.00. The van der Waals surface area contributed by atoms with Crippen LogP contribution in [0.2, 0.25) is 0 Å². The first-order valence-corrected chi connectivity index (χ1v) is 18.5. The number of carboxylic acid groups (broad SMARTS) is 1. The third kappa shape index (κ3) is 7.05. The minimum atomic E-state index is -0.698. The number of halogens is 1. The van der Waals surface area contributed by atoms with Crippen LogP contribution in [-0.2, 0) is 28.9 Å². The smallest absolute Gasteiger partial charge is 0.308 e. The van der Waals surface area contributed by atoms with Gasteiger partial charge in [0.05, 0.1) is 30.9 Å². The van der Waals surface area contributed by atoms with Crippen molar-refractivity contribution in [1.29, 1.82) is 0 Å². The first-order valence-electron chi connectivity index (χ1n) is 17.1. The van der Waals surface area contributed by atoms with E-state index in [1.807, 2.05) is 23.3 Å². The number of piperidine rings is 2. The minimum absolute atomic E-state index is 0.00653. The number of aliphatic carboxylic acids is 1. The van der Waals surface area contributed by atoms with Crippen LogP contribution in [0.15, 0.2) is 4.79 Å². The molecule has 9 nitrogen and oxygen atoms in total. The third-order valence-corrected chi connectivity index (χ3v) is 13.4. The van der Waals surface area contributed by atoms with Gasteiger partial charge in [0, 0.05) is 46.6 Å². The molecule has 1 aromatic rings. The van der Waals surface area contributed by atoms with Crippen LogP contribution in [0.5, 0.6) is 0 Å². The molecule has 0 amide bonds. The van der Waals surface area contributed by atoms with Crippen molar-refractivity contribution in [3.63, 3.8) is 0 Å². The largest absolute Gasteiger partial charge is 0.481 e. The van der Waals surface area contributed by atoms with Crippen LogP contribution < -0.4 is 16.2 Å². The first-order chi connectivity index (χ1) is 21.2. The van der Waals surface area contributed by atoms with E-state index in [-0.39, 0.29) is 40.3 Å². The molecule has 1 aromatic heterocycles. The number of fused-ring (bicyclic) bond motifs is 2. The number of ether oxygens (including phenoxy) is 1. The Morgan fingerprint density at radius 2 is 1.98 bits per heavy atom. The van der Waals surface area contributed by atoms with E-state index in [9.17, 15) is 14.7 Å². The van der Waals surface area contributed by atoms with Crippen molar-refractivity contribution in [3.8, 4) is 0 Å². The molecule has 3 saturated heterocycles. The molecule has 0 spiro atoms. The lowest BCUT2D eigenvalue weighted by Crippen LogP contribution is -2.57. The molecule has 0 radical (unpaired) electrons. The summed E-state index contributed by atoms with van der Waals surface area (Å²) < 4.78 is 8.49. The maximum Gasteiger partial charge on any atom is 0.308 e. The van der Waals surface area contributed by atoms with E-state index in [0.717, 1.165) is 87.6 Å². The fourth-order valence-corrected chi connectivity index (χ4v) is 11.1. The van der Waals surface area contributed by atoms with Crippen molar-refractivity contribution < 1.29 is 14.6 Å². The highest BCUT2D eigenvalue weighted by atomic mass is 35.5. The summed E-state index contributed by atoms with van der Waals surface area (Å²) >= 11 is 8.57. The molecule has 5 aliphatic rings. The molecular weight excluding hydrogens is 598 g/mol. The Labute approximate surface area is 271 Å². The number of alkyl halides is 1. The lowest BCUT2D eigenvalue weighted by molar-refractivity contribution is -0.142. The van der Waals surface area contributed by atoms with Gasteiger partial charge in [0.25, 0.3) is 5.56 Å². The Hall–Kier alpha value is -1.17. The van der Waals surface area contributed by atoms with Gasteiger partial charge in [-0.15, -0.1) is 11.6 Å². The second-order valence-corrected chi connectivity index (χ2v) is 16.1. The topological polar surface area (TPSA) is 109 Å². The molecule has 4 fully saturated rings. The SMILES string of the molecule is Cc1nc2c(c(=O)n1CCOC1CCC(Cl)CC1C1CC(C)NC3C(C(=O)O)CSC13)CC(N(C)CC1CCNCC1)CC2. The minimum Gasteiger partial charge on any atom is -0.481 e. The Balaban J connectivity index is 1.11. The number of hydrogen-bond donors (Lipinski definition) is 3. The fourth-order valence-electron chi connectivity index (χ4n) is 8.98. The molecule has 3 N–H and O–H groups in total. The molecule has 9 atom stereocenters. The Morgan fingerprint density at radius 3 is 2.75 bits per heavy atom. The summed E-state index contributed by atoms with van der Waals surface area (Å²) in [4.78, 5) is 33.2. The average Bonchev–Trinajstić information content (AvgIpc) is 3.43. The molecule has 0 bridgehead atoms. The van der Waals surface area contributed by atoms with Gasteiger partial charge in [-0.2, -0.15) is 11.8 Å². The summed E-state index contributed by atoms with van der Waals surface area (Å²) in [7, 11) is 2.23. The van der Waals surface area contributed by atoms with Gasteiger partial charge in [0.2, 0.25) is 0 Å². The van der Waals surface area contributed by atoms with Crippen LogP contribution in [0.3, 0.4) is 0 Å². The number of likely N-dealkylation sites (N-methyl/N-ethyl adjacent to an activating group) is 1. The van der Waals surface area contributed by atoms with Crippen LogP contribution in [0.1, 0.15) is 69.0 Å². The second kappa shape index (κ2) is 14.3. The van der Waals surface area contributed by atoms with Gasteiger partial charge in [0.1, 0.15) is 5.82 Å². The van der Waals surface area contributed by atoms with Crippen molar-refractivity contribution >= 4 is 29.3 Å². The normalized spacial score (nSPS) is 36.2. The molecular formula is C33H52ClN5O4S. The van der Waals surface area contributed by atoms with Gasteiger partial charge in [-0.1, -0.05) is 0 Å². The molecule has 9 unspecified atom stereocenters. The molecule has 2 aliphatic carbocycles. The predicted molar refractivity (Wildman–Crippen MR) is 176 cm³/mol. The molecule has 11 heteroatoms. The molecule has 44 heavy (non-hydrogen) atoms. The van der Waals surface area contributed by atoms with Crippen LogP contribution in [0.25, 0.3) is 0 Å². The average molecular weight is 650 g/mol. The van der Waals surface area contributed by atoms with Gasteiger partial charge in [-0.3, -0.25) is 14.2 Å².